The molecule has 0 aliphatic rings. The lowest BCUT2D eigenvalue weighted by molar-refractivity contribution is -0.111. The van der Waals surface area contributed by atoms with E-state index in [2.05, 4.69) is 20.5 Å². The number of hydrogen-bond acceptors (Lipinski definition) is 4. The van der Waals surface area contributed by atoms with Gasteiger partial charge >= 0.3 is 0 Å². The number of hydrogen-bond donors (Lipinski definition) is 2. The van der Waals surface area contributed by atoms with Gasteiger partial charge in [0.05, 0.1) is 0 Å². The molecular weight excluding hydrogens is 248 g/mol. The van der Waals surface area contributed by atoms with E-state index in [-0.39, 0.29) is 5.91 Å². The van der Waals surface area contributed by atoms with Crippen LogP contribution in [-0.2, 0) is 4.79 Å². The number of thioether (sulfide) groups is 1. The van der Waals surface area contributed by atoms with Gasteiger partial charge in [-0.05, 0) is 17.9 Å². The van der Waals surface area contributed by atoms with Crippen molar-refractivity contribution in [3.8, 4) is 0 Å². The Labute approximate surface area is 109 Å². The Bertz CT molecular complexity index is 550. The molecule has 0 aliphatic heterocycles. The van der Waals surface area contributed by atoms with Gasteiger partial charge in [0.2, 0.25) is 11.1 Å². The predicted molar refractivity (Wildman–Crippen MR) is 72.3 cm³/mol. The Kier molecular flexibility index (Phi) is 4.14. The predicted octanol–water partition coefficient (Wildman–Crippen LogP) is 2.18. The number of aromatic nitrogens is 3. The van der Waals surface area contributed by atoms with Crippen LogP contribution < -0.4 is 5.32 Å². The SMILES string of the molecule is CSc1n[nH]c(NC(=O)C=Cc2ccccc2)n1. The Balaban J connectivity index is 1.94. The molecule has 0 saturated carbocycles. The van der Waals surface area contributed by atoms with E-state index in [1.54, 1.807) is 6.08 Å². The van der Waals surface area contributed by atoms with Gasteiger partial charge in [-0.15, -0.1) is 5.10 Å². The first-order valence-corrected chi connectivity index (χ1v) is 6.51. The smallest absolute Gasteiger partial charge is 0.250 e. The van der Waals surface area contributed by atoms with E-state index in [0.717, 1.165) is 5.56 Å². The summed E-state index contributed by atoms with van der Waals surface area (Å²) in [6.07, 6.45) is 5.06. The molecule has 0 saturated heterocycles. The minimum atomic E-state index is -0.248. The zero-order valence-electron chi connectivity index (χ0n) is 9.75. The zero-order chi connectivity index (χ0) is 12.8. The first-order chi connectivity index (χ1) is 8.78. The van der Waals surface area contributed by atoms with Gasteiger partial charge in [-0.1, -0.05) is 42.1 Å². The standard InChI is InChI=1S/C12H12N4OS/c1-18-12-14-11(15-16-12)13-10(17)8-7-9-5-3-2-4-6-9/h2-8H,1H3,(H2,13,14,15,16,17). The first kappa shape index (κ1) is 12.4. The van der Waals surface area contributed by atoms with E-state index in [1.165, 1.54) is 17.8 Å². The Morgan fingerprint density at radius 2 is 2.17 bits per heavy atom. The molecule has 5 nitrogen and oxygen atoms in total. The minimum Gasteiger partial charge on any atom is -0.291 e. The zero-order valence-corrected chi connectivity index (χ0v) is 10.6. The van der Waals surface area contributed by atoms with Crippen LogP contribution in [0.25, 0.3) is 6.08 Å². The first-order valence-electron chi connectivity index (χ1n) is 5.28. The quantitative estimate of drug-likeness (QED) is 0.653. The average molecular weight is 260 g/mol. The highest BCUT2D eigenvalue weighted by Crippen LogP contribution is 2.09. The Morgan fingerprint density at radius 1 is 1.39 bits per heavy atom. The normalized spacial score (nSPS) is 10.7. The summed E-state index contributed by atoms with van der Waals surface area (Å²) in [6.45, 7) is 0. The third-order valence-electron chi connectivity index (χ3n) is 2.12. The van der Waals surface area contributed by atoms with Crippen molar-refractivity contribution in [1.29, 1.82) is 0 Å². The summed E-state index contributed by atoms with van der Waals surface area (Å²) in [6, 6.07) is 9.60. The largest absolute Gasteiger partial charge is 0.291 e. The molecule has 1 heterocycles. The maximum absolute atomic E-state index is 11.6. The van der Waals surface area contributed by atoms with E-state index in [1.807, 2.05) is 36.6 Å². The third-order valence-corrected chi connectivity index (χ3v) is 2.66. The van der Waals surface area contributed by atoms with Gasteiger partial charge in [0.15, 0.2) is 0 Å². The molecule has 92 valence electrons. The molecule has 0 bridgehead atoms. The number of nitrogens with one attached hydrogen (secondary N) is 2. The Hall–Kier alpha value is -2.08. The molecule has 1 amide bonds. The lowest BCUT2D eigenvalue weighted by atomic mass is 10.2. The van der Waals surface area contributed by atoms with Crippen LogP contribution in [0.3, 0.4) is 0 Å². The molecule has 0 atom stereocenters. The second kappa shape index (κ2) is 6.02. The summed E-state index contributed by atoms with van der Waals surface area (Å²) in [5, 5.41) is 9.73. The van der Waals surface area contributed by atoms with Gasteiger partial charge in [-0.25, -0.2) is 5.10 Å². The summed E-state index contributed by atoms with van der Waals surface area (Å²) in [5.74, 6) is 0.102. The van der Waals surface area contributed by atoms with Crippen LogP contribution in [0.15, 0.2) is 41.6 Å². The van der Waals surface area contributed by atoms with Crippen LogP contribution in [0, 0.1) is 0 Å². The topological polar surface area (TPSA) is 70.7 Å². The number of carbonyl (C=O) groups is 1. The second-order valence-electron chi connectivity index (χ2n) is 3.40. The molecule has 0 unspecified atom stereocenters. The number of benzene rings is 1. The molecule has 0 fully saturated rings. The average Bonchev–Trinajstić information content (AvgIpc) is 2.85. The lowest BCUT2D eigenvalue weighted by Gasteiger charge is -1.95. The second-order valence-corrected chi connectivity index (χ2v) is 4.18. The number of aromatic amines is 1. The molecule has 2 aromatic rings. The molecule has 6 heteroatoms. The molecule has 18 heavy (non-hydrogen) atoms. The highest BCUT2D eigenvalue weighted by molar-refractivity contribution is 7.98. The van der Waals surface area contributed by atoms with Crippen molar-refractivity contribution in [2.75, 3.05) is 11.6 Å². The van der Waals surface area contributed by atoms with Gasteiger partial charge in [-0.3, -0.25) is 10.1 Å². The van der Waals surface area contributed by atoms with Crippen LogP contribution in [0.1, 0.15) is 5.56 Å². The molecule has 0 aliphatic carbocycles. The fourth-order valence-corrected chi connectivity index (χ4v) is 1.61. The lowest BCUT2D eigenvalue weighted by Crippen LogP contribution is -2.09. The third kappa shape index (κ3) is 3.46. The van der Waals surface area contributed by atoms with Gasteiger partial charge in [0.25, 0.3) is 5.91 Å². The maximum atomic E-state index is 11.6. The number of nitrogens with zero attached hydrogens (tertiary/aromatic N) is 2. The fourth-order valence-electron chi connectivity index (χ4n) is 1.29. The molecule has 0 radical (unpaired) electrons. The van der Waals surface area contributed by atoms with Crippen LogP contribution in [0.2, 0.25) is 0 Å². The number of rotatable bonds is 4. The van der Waals surface area contributed by atoms with E-state index >= 15 is 0 Å². The number of H-pyrrole nitrogens is 1. The van der Waals surface area contributed by atoms with Gasteiger partial charge in [0.1, 0.15) is 0 Å². The summed E-state index contributed by atoms with van der Waals surface area (Å²) in [4.78, 5) is 15.6. The molecule has 1 aromatic heterocycles. The highest BCUT2D eigenvalue weighted by atomic mass is 32.2. The van der Waals surface area contributed by atoms with E-state index in [9.17, 15) is 4.79 Å². The number of amides is 1. The molecule has 0 spiro atoms. The molecule has 2 rings (SSSR count). The van der Waals surface area contributed by atoms with Crippen LogP contribution in [0.5, 0.6) is 0 Å². The van der Waals surface area contributed by atoms with E-state index in [0.29, 0.717) is 11.1 Å². The number of anilines is 1. The minimum absolute atomic E-state index is 0.248. The van der Waals surface area contributed by atoms with Crippen molar-refractivity contribution in [3.63, 3.8) is 0 Å². The van der Waals surface area contributed by atoms with Crippen molar-refractivity contribution in [3.05, 3.63) is 42.0 Å². The van der Waals surface area contributed by atoms with Crippen molar-refractivity contribution < 1.29 is 4.79 Å². The summed E-state index contributed by atoms with van der Waals surface area (Å²) in [7, 11) is 0. The molecule has 2 N–H and O–H groups in total. The molecular formula is C12H12N4OS. The van der Waals surface area contributed by atoms with Crippen LogP contribution >= 0.6 is 11.8 Å². The number of carbonyl (C=O) groups excluding carboxylic acids is 1. The van der Waals surface area contributed by atoms with Gasteiger partial charge in [0, 0.05) is 6.08 Å². The summed E-state index contributed by atoms with van der Waals surface area (Å²) < 4.78 is 0. The molecule has 1 aromatic carbocycles. The highest BCUT2D eigenvalue weighted by Gasteiger charge is 2.03. The van der Waals surface area contributed by atoms with Gasteiger partial charge in [-0.2, -0.15) is 4.98 Å². The van der Waals surface area contributed by atoms with Crippen LogP contribution in [-0.4, -0.2) is 27.3 Å². The van der Waals surface area contributed by atoms with Crippen molar-refractivity contribution in [2.45, 2.75) is 5.16 Å². The van der Waals surface area contributed by atoms with Crippen LogP contribution in [0.4, 0.5) is 5.95 Å². The van der Waals surface area contributed by atoms with E-state index in [4.69, 9.17) is 0 Å². The van der Waals surface area contributed by atoms with E-state index < -0.39 is 0 Å². The monoisotopic (exact) mass is 260 g/mol. The van der Waals surface area contributed by atoms with Crippen molar-refractivity contribution in [2.24, 2.45) is 0 Å². The van der Waals surface area contributed by atoms with Crippen molar-refractivity contribution >= 4 is 29.7 Å². The van der Waals surface area contributed by atoms with Gasteiger partial charge < -0.3 is 0 Å². The summed E-state index contributed by atoms with van der Waals surface area (Å²) >= 11 is 1.40. The fraction of sp³-hybridized carbons (Fsp3) is 0.0833. The summed E-state index contributed by atoms with van der Waals surface area (Å²) in [5.41, 5.74) is 0.968. The van der Waals surface area contributed by atoms with Crippen molar-refractivity contribution in [1.82, 2.24) is 15.2 Å². The maximum Gasteiger partial charge on any atom is 0.250 e. The Morgan fingerprint density at radius 3 is 2.83 bits per heavy atom.